The number of aromatic nitrogens is 3. The van der Waals surface area contributed by atoms with Gasteiger partial charge in [-0.05, 0) is 170 Å². The lowest BCUT2D eigenvalue weighted by atomic mass is 9.92. The second kappa shape index (κ2) is 29.0. The molecule has 3 heterocycles. The molecule has 1 amide bonds. The number of fused-ring (bicyclic) bond motifs is 1. The third-order valence-corrected chi connectivity index (χ3v) is 8.04. The van der Waals surface area contributed by atoms with E-state index in [4.69, 9.17) is 31.7 Å². The van der Waals surface area contributed by atoms with Gasteiger partial charge in [0.2, 0.25) is 22.3 Å². The zero-order chi connectivity index (χ0) is 47.8. The quantitative estimate of drug-likeness (QED) is 0.0403. The number of nitrogens with two attached hydrogens (primary N) is 2. The fourth-order valence-electron chi connectivity index (χ4n) is 5.42. The Balaban J connectivity index is -0.000000136. The molecule has 0 radical (unpaired) electrons. The summed E-state index contributed by atoms with van der Waals surface area (Å²) in [6.07, 6.45) is 6.79. The third kappa shape index (κ3) is 17.3. The highest BCUT2D eigenvalue weighted by Crippen LogP contribution is 2.38. The number of benzene rings is 2. The molecule has 5 rings (SSSR count). The number of ether oxygens (including phenoxy) is 1. The molecular weight excluding hydrogens is 837 g/mol. The fraction of sp³-hybridized carbons (Fsp3) is 0.180. The summed E-state index contributed by atoms with van der Waals surface area (Å²) in [7, 11) is 0. The molecule has 0 spiro atoms. The topological polar surface area (TPSA) is 238 Å². The smallest absolute Gasteiger partial charge is 0.248 e. The highest BCUT2D eigenvalue weighted by molar-refractivity contribution is 6.01. The Morgan fingerprint density at radius 1 is 0.894 bits per heavy atom. The number of rotatable bonds is 7. The van der Waals surface area contributed by atoms with Gasteiger partial charge < -0.3 is 35.5 Å². The first kappa shape index (κ1) is 50.0. The molecule has 1 saturated heterocycles. The van der Waals surface area contributed by atoms with Crippen LogP contribution in [0.15, 0.2) is 50.5 Å². The summed E-state index contributed by atoms with van der Waals surface area (Å²) in [5.41, 5.74) is 13.2. The van der Waals surface area contributed by atoms with Gasteiger partial charge in [0.25, 0.3) is 0 Å². The van der Waals surface area contributed by atoms with E-state index in [1.54, 1.807) is 13.0 Å². The molecule has 2 aromatic heterocycles. The SMILES string of the molecule is C#CC#CC#CC#CC#CC#CC#CC#CC#CC#CC#CC#CC.Cc1noc(C)c1-c1cc(-c2cccc(C(N)=O)c2C)c2nc(NC3CCOCC3)[nH]c2c1.NN=NN=[N+]([O-])OO.[HH].[HH].[HH].[HH].[HH].[HH].[HH].[HH].[HH].[HH].[HH]. The van der Waals surface area contributed by atoms with E-state index in [1.165, 1.54) is 0 Å². The number of carbonyl (C=O) groups is 1. The van der Waals surface area contributed by atoms with Crippen molar-refractivity contribution in [1.29, 1.82) is 0 Å². The maximum atomic E-state index is 12.0. The highest BCUT2D eigenvalue weighted by atomic mass is 17.2. The van der Waals surface area contributed by atoms with Gasteiger partial charge in [-0.1, -0.05) is 23.2 Å². The van der Waals surface area contributed by atoms with Crippen LogP contribution in [-0.4, -0.2) is 50.6 Å². The average Bonchev–Trinajstić information content (AvgIpc) is 3.89. The number of amides is 1. The van der Waals surface area contributed by atoms with Crippen LogP contribution in [0.4, 0.5) is 5.95 Å². The van der Waals surface area contributed by atoms with Gasteiger partial charge in [-0.2, -0.15) is 0 Å². The Morgan fingerprint density at radius 3 is 1.91 bits per heavy atom. The molecule has 342 valence electrons. The number of imidazole rings is 1. The molecule has 1 fully saturated rings. The van der Waals surface area contributed by atoms with Crippen molar-refractivity contribution in [3.05, 3.63) is 58.1 Å². The van der Waals surface area contributed by atoms with E-state index >= 15 is 0 Å². The number of nitrogens with one attached hydrogen (secondary N) is 2. The number of anilines is 1. The average molecular weight is 893 g/mol. The molecule has 0 bridgehead atoms. The lowest BCUT2D eigenvalue weighted by molar-refractivity contribution is -0.873. The molecule has 2 aromatic carbocycles. The van der Waals surface area contributed by atoms with Crippen molar-refractivity contribution in [3.63, 3.8) is 0 Å². The Hall–Kier alpha value is -10.4. The summed E-state index contributed by atoms with van der Waals surface area (Å²) in [6, 6.07) is 10.1. The summed E-state index contributed by atoms with van der Waals surface area (Å²) in [6.45, 7) is 8.94. The van der Waals surface area contributed by atoms with E-state index in [-0.39, 0.29) is 15.7 Å². The second-order valence-corrected chi connectivity index (χ2v) is 12.2. The number of aromatic amines is 1. The van der Waals surface area contributed by atoms with E-state index in [9.17, 15) is 10.0 Å². The van der Waals surface area contributed by atoms with Crippen LogP contribution in [0.25, 0.3) is 33.3 Å². The largest absolute Gasteiger partial charge is 0.381 e. The maximum absolute atomic E-state index is 12.0. The van der Waals surface area contributed by atoms with Crippen LogP contribution in [0.2, 0.25) is 0 Å². The number of hydrogen-bond donors (Lipinski definition) is 5. The van der Waals surface area contributed by atoms with Crippen LogP contribution in [0, 0.1) is 169 Å². The number of carbonyl (C=O) groups excluding carboxylic acids is 1. The van der Waals surface area contributed by atoms with Crippen molar-refractivity contribution in [2.45, 2.75) is 46.6 Å². The predicted molar refractivity (Wildman–Crippen MR) is 269 cm³/mol. The monoisotopic (exact) mass is 892 g/mol. The van der Waals surface area contributed by atoms with Crippen molar-refractivity contribution in [3.8, 4) is 165 Å². The lowest BCUT2D eigenvalue weighted by Crippen LogP contribution is -2.28. The number of aryl methyl sites for hydroxylation is 2. The number of hydrogen-bond acceptors (Lipinski definition) is 10. The zero-order valence-electron chi connectivity index (χ0n) is 35.7. The third-order valence-electron chi connectivity index (χ3n) is 8.04. The highest BCUT2D eigenvalue weighted by Gasteiger charge is 2.21. The molecule has 0 aliphatic carbocycles. The first-order valence-corrected chi connectivity index (χ1v) is 18.8. The van der Waals surface area contributed by atoms with Gasteiger partial charge in [-0.15, -0.1) is 6.42 Å². The van der Waals surface area contributed by atoms with Crippen molar-refractivity contribution < 1.29 is 45.0 Å². The van der Waals surface area contributed by atoms with Gasteiger partial charge in [-0.25, -0.2) is 4.98 Å². The van der Waals surface area contributed by atoms with Crippen molar-refractivity contribution >= 4 is 22.9 Å². The second-order valence-electron chi connectivity index (χ2n) is 12.2. The van der Waals surface area contributed by atoms with Crippen LogP contribution in [-0.2, 0) is 9.73 Å². The van der Waals surface area contributed by atoms with E-state index in [0.717, 1.165) is 82.3 Å². The molecule has 1 aliphatic heterocycles. The van der Waals surface area contributed by atoms with Gasteiger partial charge in [-0.3, -0.25) is 15.9 Å². The van der Waals surface area contributed by atoms with Crippen molar-refractivity contribution in [2.75, 3.05) is 18.5 Å². The maximum Gasteiger partial charge on any atom is 0.248 e. The molecule has 1 aliphatic rings. The predicted octanol–water partition coefficient (Wildman–Crippen LogP) is 7.48. The van der Waals surface area contributed by atoms with E-state index in [0.29, 0.717) is 11.6 Å². The Labute approximate surface area is 397 Å². The van der Waals surface area contributed by atoms with Crippen LogP contribution in [0.5, 0.6) is 0 Å². The molecule has 7 N–H and O–H groups in total. The molecule has 4 aromatic rings. The number of H-pyrrole nitrogens is 1. The first-order chi connectivity index (χ1) is 32.1. The van der Waals surface area contributed by atoms with Crippen molar-refractivity contribution in [1.82, 2.24) is 15.1 Å². The summed E-state index contributed by atoms with van der Waals surface area (Å²) in [4.78, 5) is 23.3. The fourth-order valence-corrected chi connectivity index (χ4v) is 5.42. The van der Waals surface area contributed by atoms with Crippen molar-refractivity contribution in [2.24, 2.45) is 27.2 Å². The standard InChI is InChI=1S/C25H27N5O3.C25H4.H3N5O3.11H2/c1-13-18(5-4-6-19(13)24(26)31)20-11-16(22-14(2)30-33-15(22)3)12-21-23(20)29-25(28-21)27-17-7-9-32-10-8-17;1-3-5-7-9-11-13-15-17-19-21-23-25-24-22-20-18-16-14-12-10-8-6-4-2;1-2-3-4-5(6)8-7;;;;;;;;;;;/h4-6,11-12,17H,7-10H2,1-3H3,(H2,26,31)(H2,27,28,29);1H,2H3;7H,(H2,1,3);11*1H. The molecular formula is C50H56N10O6. The van der Waals surface area contributed by atoms with Gasteiger partial charge in [0.05, 0.1) is 27.0 Å². The first-order valence-electron chi connectivity index (χ1n) is 18.8. The summed E-state index contributed by atoms with van der Waals surface area (Å²) < 4.78 is 10.9. The summed E-state index contributed by atoms with van der Waals surface area (Å²) >= 11 is 0. The van der Waals surface area contributed by atoms with E-state index < -0.39 is 10.9 Å². The molecule has 0 saturated carbocycles. The molecule has 66 heavy (non-hydrogen) atoms. The Kier molecular flexibility index (Phi) is 22.0. The van der Waals surface area contributed by atoms with Crippen LogP contribution >= 0.6 is 0 Å². The molecule has 0 unspecified atom stereocenters. The molecule has 0 atom stereocenters. The zero-order valence-corrected chi connectivity index (χ0v) is 35.7. The van der Waals surface area contributed by atoms with Gasteiger partial charge >= 0.3 is 0 Å². The van der Waals surface area contributed by atoms with Gasteiger partial charge in [0.15, 0.2) is 0 Å². The minimum absolute atomic E-state index is 0. The molecule has 16 nitrogen and oxygen atoms in total. The number of primary amides is 1. The van der Waals surface area contributed by atoms with Crippen LogP contribution < -0.4 is 16.9 Å². The van der Waals surface area contributed by atoms with E-state index in [1.807, 2.05) is 32.9 Å². The number of nitrogens with zero attached hydrogens (tertiary/aromatic N) is 6. The van der Waals surface area contributed by atoms with Gasteiger partial charge in [0.1, 0.15) is 5.76 Å². The normalized spacial score (nSPS) is 10.3. The van der Waals surface area contributed by atoms with Crippen LogP contribution in [0.3, 0.4) is 0 Å². The minimum atomic E-state index is -0.573. The van der Waals surface area contributed by atoms with Gasteiger partial charge in [0, 0.05) is 87.2 Å². The summed E-state index contributed by atoms with van der Waals surface area (Å²) in [5.74, 6) is 62.3. The van der Waals surface area contributed by atoms with Crippen LogP contribution in [0.1, 0.15) is 62.8 Å². The summed E-state index contributed by atoms with van der Waals surface area (Å²) in [5, 5.41) is 31.8. The lowest BCUT2D eigenvalue weighted by Gasteiger charge is -2.22. The Morgan fingerprint density at radius 2 is 1.44 bits per heavy atom. The molecule has 16 heteroatoms. The minimum Gasteiger partial charge on any atom is -0.381 e. The number of terminal acetylenes is 1. The Bertz CT molecular complexity index is 3320. The van der Waals surface area contributed by atoms with E-state index in [2.05, 4.69) is 190 Å².